The number of fused-ring (bicyclic) bond motifs is 1. The largest absolute Gasteiger partial charge is 0.354 e. The Morgan fingerprint density at radius 2 is 1.91 bits per heavy atom. The van der Waals surface area contributed by atoms with Gasteiger partial charge in [-0.3, -0.25) is 4.79 Å². The molecule has 5 nitrogen and oxygen atoms in total. The van der Waals surface area contributed by atoms with Crippen molar-refractivity contribution < 1.29 is 9.59 Å². The fourth-order valence-electron chi connectivity index (χ4n) is 2.68. The topological polar surface area (TPSA) is 70.2 Å². The van der Waals surface area contributed by atoms with Crippen molar-refractivity contribution in [2.75, 3.05) is 13.1 Å². The Morgan fingerprint density at radius 1 is 1.18 bits per heavy atom. The lowest BCUT2D eigenvalue weighted by molar-refractivity contribution is -0.123. The van der Waals surface area contributed by atoms with Crippen molar-refractivity contribution in [3.63, 3.8) is 0 Å². The molecule has 0 fully saturated rings. The van der Waals surface area contributed by atoms with Gasteiger partial charge in [0.15, 0.2) is 0 Å². The van der Waals surface area contributed by atoms with Gasteiger partial charge in [-0.15, -0.1) is 0 Å². The summed E-state index contributed by atoms with van der Waals surface area (Å²) in [6, 6.07) is 8.16. The lowest BCUT2D eigenvalue weighted by Crippen LogP contribution is -2.42. The molecule has 120 valence electrons. The standard InChI is InChI=1S/C17H25N3O2/c1-12(2)16(21)18-10-11-19-17(22)20-15-9-5-7-13-6-3-4-8-14(13)15/h3-4,6,8,12,15H,5,7,9-11H2,1-2H3,(H,18,21)(H2,19,20,22)/t15-/m0/s1. The molecule has 3 amide bonds. The monoisotopic (exact) mass is 303 g/mol. The molecule has 0 heterocycles. The average Bonchev–Trinajstić information content (AvgIpc) is 2.51. The highest BCUT2D eigenvalue weighted by Gasteiger charge is 2.21. The molecule has 0 saturated carbocycles. The van der Waals surface area contributed by atoms with Crippen LogP contribution in [0, 0.1) is 5.92 Å². The van der Waals surface area contributed by atoms with Crippen molar-refractivity contribution in [1.29, 1.82) is 0 Å². The SMILES string of the molecule is CC(C)C(=O)NCCNC(=O)N[C@H]1CCCc2ccccc21. The molecule has 0 spiro atoms. The zero-order valence-electron chi connectivity index (χ0n) is 13.3. The lowest BCUT2D eigenvalue weighted by Gasteiger charge is -2.26. The molecule has 1 atom stereocenters. The van der Waals surface area contributed by atoms with E-state index in [1.807, 2.05) is 26.0 Å². The quantitative estimate of drug-likeness (QED) is 0.729. The number of amides is 3. The fourth-order valence-corrected chi connectivity index (χ4v) is 2.68. The van der Waals surface area contributed by atoms with Crippen LogP contribution in [0.3, 0.4) is 0 Å². The van der Waals surface area contributed by atoms with Gasteiger partial charge in [0.1, 0.15) is 0 Å². The molecular formula is C17H25N3O2. The number of benzene rings is 1. The molecule has 22 heavy (non-hydrogen) atoms. The van der Waals surface area contributed by atoms with E-state index in [1.54, 1.807) is 0 Å². The highest BCUT2D eigenvalue weighted by molar-refractivity contribution is 5.78. The summed E-state index contributed by atoms with van der Waals surface area (Å²) in [7, 11) is 0. The zero-order chi connectivity index (χ0) is 15.9. The number of hydrogen-bond acceptors (Lipinski definition) is 2. The van der Waals surface area contributed by atoms with Crippen molar-refractivity contribution in [3.05, 3.63) is 35.4 Å². The maximum atomic E-state index is 12.0. The third-order valence-corrected chi connectivity index (χ3v) is 3.91. The highest BCUT2D eigenvalue weighted by Crippen LogP contribution is 2.29. The predicted octanol–water partition coefficient (Wildman–Crippen LogP) is 2.14. The van der Waals surface area contributed by atoms with Crippen molar-refractivity contribution in [1.82, 2.24) is 16.0 Å². The molecule has 0 radical (unpaired) electrons. The molecule has 1 aromatic carbocycles. The van der Waals surface area contributed by atoms with Gasteiger partial charge in [0.2, 0.25) is 5.91 Å². The summed E-state index contributed by atoms with van der Waals surface area (Å²) in [5, 5.41) is 8.59. The summed E-state index contributed by atoms with van der Waals surface area (Å²) in [5.41, 5.74) is 2.54. The first kappa shape index (κ1) is 16.3. The van der Waals surface area contributed by atoms with E-state index in [0.717, 1.165) is 19.3 Å². The number of carbonyl (C=O) groups excluding carboxylic acids is 2. The molecule has 0 aliphatic heterocycles. The maximum absolute atomic E-state index is 12.0. The van der Waals surface area contributed by atoms with E-state index in [9.17, 15) is 9.59 Å². The molecule has 0 bridgehead atoms. The van der Waals surface area contributed by atoms with E-state index < -0.39 is 0 Å². The Morgan fingerprint density at radius 3 is 2.68 bits per heavy atom. The van der Waals surface area contributed by atoms with Gasteiger partial charge in [0.05, 0.1) is 6.04 Å². The second kappa shape index (κ2) is 7.82. The zero-order valence-corrected chi connectivity index (χ0v) is 13.3. The normalized spacial score (nSPS) is 16.8. The van der Waals surface area contributed by atoms with Crippen LogP contribution in [0.25, 0.3) is 0 Å². The van der Waals surface area contributed by atoms with Crippen molar-refractivity contribution in [3.8, 4) is 0 Å². The van der Waals surface area contributed by atoms with Gasteiger partial charge < -0.3 is 16.0 Å². The number of nitrogens with one attached hydrogen (secondary N) is 3. The summed E-state index contributed by atoms with van der Waals surface area (Å²) < 4.78 is 0. The second-order valence-corrected chi connectivity index (χ2v) is 5.99. The van der Waals surface area contributed by atoms with Crippen molar-refractivity contribution in [2.45, 2.75) is 39.2 Å². The van der Waals surface area contributed by atoms with E-state index in [1.165, 1.54) is 11.1 Å². The molecular weight excluding hydrogens is 278 g/mol. The molecule has 2 rings (SSSR count). The summed E-state index contributed by atoms with van der Waals surface area (Å²) in [5.74, 6) is -0.0315. The summed E-state index contributed by atoms with van der Waals surface area (Å²) in [4.78, 5) is 23.4. The van der Waals surface area contributed by atoms with E-state index in [2.05, 4.69) is 28.1 Å². The third kappa shape index (κ3) is 4.48. The lowest BCUT2D eigenvalue weighted by atomic mass is 9.88. The fraction of sp³-hybridized carbons (Fsp3) is 0.529. The Kier molecular flexibility index (Phi) is 5.81. The minimum absolute atomic E-state index is 0.00316. The number of urea groups is 1. The van der Waals surface area contributed by atoms with Gasteiger partial charge >= 0.3 is 6.03 Å². The van der Waals surface area contributed by atoms with Crippen LogP contribution < -0.4 is 16.0 Å². The molecule has 1 aliphatic rings. The molecule has 0 aromatic heterocycles. The van der Waals surface area contributed by atoms with E-state index in [-0.39, 0.29) is 23.9 Å². The van der Waals surface area contributed by atoms with Gasteiger partial charge in [-0.25, -0.2) is 4.79 Å². The Labute approximate surface area is 131 Å². The highest BCUT2D eigenvalue weighted by atomic mass is 16.2. The van der Waals surface area contributed by atoms with Gasteiger partial charge in [-0.05, 0) is 30.4 Å². The van der Waals surface area contributed by atoms with Crippen LogP contribution >= 0.6 is 0 Å². The van der Waals surface area contributed by atoms with Crippen LogP contribution in [0.15, 0.2) is 24.3 Å². The van der Waals surface area contributed by atoms with E-state index >= 15 is 0 Å². The van der Waals surface area contributed by atoms with Crippen molar-refractivity contribution in [2.24, 2.45) is 5.92 Å². The minimum Gasteiger partial charge on any atom is -0.354 e. The molecule has 0 unspecified atom stereocenters. The number of aryl methyl sites for hydroxylation is 1. The first-order chi connectivity index (χ1) is 10.6. The van der Waals surface area contributed by atoms with Crippen LogP contribution in [0.2, 0.25) is 0 Å². The third-order valence-electron chi connectivity index (χ3n) is 3.91. The second-order valence-electron chi connectivity index (χ2n) is 5.99. The number of carbonyl (C=O) groups is 2. The summed E-state index contributed by atoms with van der Waals surface area (Å²) in [6.45, 7) is 4.57. The van der Waals surface area contributed by atoms with Crippen molar-refractivity contribution >= 4 is 11.9 Å². The first-order valence-electron chi connectivity index (χ1n) is 7.98. The van der Waals surface area contributed by atoms with Gasteiger partial charge in [-0.1, -0.05) is 38.1 Å². The number of hydrogen-bond donors (Lipinski definition) is 3. The molecule has 5 heteroatoms. The maximum Gasteiger partial charge on any atom is 0.315 e. The van der Waals surface area contributed by atoms with Gasteiger partial charge in [0, 0.05) is 19.0 Å². The molecule has 0 saturated heterocycles. The average molecular weight is 303 g/mol. The Hall–Kier alpha value is -2.04. The predicted molar refractivity (Wildman–Crippen MR) is 86.5 cm³/mol. The molecule has 3 N–H and O–H groups in total. The number of rotatable bonds is 5. The van der Waals surface area contributed by atoms with Crippen LogP contribution in [0.4, 0.5) is 4.79 Å². The molecule has 1 aliphatic carbocycles. The first-order valence-corrected chi connectivity index (χ1v) is 7.98. The molecule has 1 aromatic rings. The minimum atomic E-state index is -0.180. The van der Waals surface area contributed by atoms with Gasteiger partial charge in [0.25, 0.3) is 0 Å². The van der Waals surface area contributed by atoms with Crippen LogP contribution in [0.5, 0.6) is 0 Å². The van der Waals surface area contributed by atoms with Crippen LogP contribution in [0.1, 0.15) is 43.9 Å². The van der Waals surface area contributed by atoms with Crippen LogP contribution in [-0.4, -0.2) is 25.0 Å². The van der Waals surface area contributed by atoms with Crippen LogP contribution in [-0.2, 0) is 11.2 Å². The van der Waals surface area contributed by atoms with E-state index in [4.69, 9.17) is 0 Å². The van der Waals surface area contributed by atoms with E-state index in [0.29, 0.717) is 13.1 Å². The Bertz CT molecular complexity index is 528. The Balaban J connectivity index is 1.75. The summed E-state index contributed by atoms with van der Waals surface area (Å²) >= 11 is 0. The summed E-state index contributed by atoms with van der Waals surface area (Å²) in [6.07, 6.45) is 3.14. The smallest absolute Gasteiger partial charge is 0.315 e. The van der Waals surface area contributed by atoms with Gasteiger partial charge in [-0.2, -0.15) is 0 Å².